The van der Waals surface area contributed by atoms with Crippen LogP contribution in [0.4, 0.5) is 5.13 Å². The third-order valence-electron chi connectivity index (χ3n) is 2.25. The minimum absolute atomic E-state index is 0.486. The Bertz CT molecular complexity index is 468. The van der Waals surface area contributed by atoms with E-state index in [1.165, 1.54) is 11.3 Å². The molecule has 0 bridgehead atoms. The first kappa shape index (κ1) is 11.9. The van der Waals surface area contributed by atoms with Gasteiger partial charge in [-0.15, -0.1) is 11.3 Å². The van der Waals surface area contributed by atoms with Crippen LogP contribution in [0, 0.1) is 0 Å². The molecule has 0 radical (unpaired) electrons. The number of hydrogen-bond donors (Lipinski definition) is 1. The van der Waals surface area contributed by atoms with Crippen molar-refractivity contribution in [1.29, 1.82) is 0 Å². The van der Waals surface area contributed by atoms with Crippen molar-refractivity contribution in [3.63, 3.8) is 0 Å². The summed E-state index contributed by atoms with van der Waals surface area (Å²) in [5.41, 5.74) is 7.51. The quantitative estimate of drug-likeness (QED) is 0.885. The van der Waals surface area contributed by atoms with Gasteiger partial charge in [0.25, 0.3) is 0 Å². The first-order valence-electron chi connectivity index (χ1n) is 5.18. The van der Waals surface area contributed by atoms with Crippen LogP contribution in [0.1, 0.15) is 11.3 Å². The summed E-state index contributed by atoms with van der Waals surface area (Å²) >= 11 is 1.43. The number of anilines is 1. The maximum absolute atomic E-state index is 5.54. The lowest BCUT2D eigenvalue weighted by molar-refractivity contribution is 0.105. The zero-order valence-electron chi connectivity index (χ0n) is 9.55. The monoisotopic (exact) mass is 250 g/mol. The Kier molecular flexibility index (Phi) is 3.95. The molecule has 0 atom stereocenters. The first-order valence-corrected chi connectivity index (χ1v) is 6.06. The SMILES string of the molecule is COc1ccc(COCc2csc(N)n2)cc1. The molecular weight excluding hydrogens is 236 g/mol. The second-order valence-electron chi connectivity index (χ2n) is 3.52. The number of thiazole rings is 1. The average Bonchev–Trinajstić information content (AvgIpc) is 2.76. The molecule has 0 spiro atoms. The lowest BCUT2D eigenvalue weighted by atomic mass is 10.2. The van der Waals surface area contributed by atoms with Gasteiger partial charge in [-0.3, -0.25) is 0 Å². The van der Waals surface area contributed by atoms with Crippen LogP contribution < -0.4 is 10.5 Å². The van der Waals surface area contributed by atoms with E-state index in [1.807, 2.05) is 29.6 Å². The summed E-state index contributed by atoms with van der Waals surface area (Å²) in [6.07, 6.45) is 0. The van der Waals surface area contributed by atoms with E-state index < -0.39 is 0 Å². The Balaban J connectivity index is 1.81. The lowest BCUT2D eigenvalue weighted by Gasteiger charge is -2.04. The van der Waals surface area contributed by atoms with E-state index in [-0.39, 0.29) is 0 Å². The maximum atomic E-state index is 5.54. The molecule has 1 heterocycles. The number of nitrogens with zero attached hydrogens (tertiary/aromatic N) is 1. The zero-order chi connectivity index (χ0) is 12.1. The van der Waals surface area contributed by atoms with Gasteiger partial charge in [-0.2, -0.15) is 0 Å². The highest BCUT2D eigenvalue weighted by atomic mass is 32.1. The van der Waals surface area contributed by atoms with Crippen LogP contribution in [0.3, 0.4) is 0 Å². The van der Waals surface area contributed by atoms with Crippen molar-refractivity contribution >= 4 is 16.5 Å². The normalized spacial score (nSPS) is 10.4. The van der Waals surface area contributed by atoms with E-state index in [0.717, 1.165) is 17.0 Å². The van der Waals surface area contributed by atoms with Crippen LogP contribution in [0.25, 0.3) is 0 Å². The molecule has 0 aliphatic heterocycles. The summed E-state index contributed by atoms with van der Waals surface area (Å²) in [4.78, 5) is 4.12. The molecule has 2 N–H and O–H groups in total. The molecule has 2 rings (SSSR count). The van der Waals surface area contributed by atoms with Gasteiger partial charge in [0.05, 0.1) is 26.0 Å². The Morgan fingerprint density at radius 2 is 2.00 bits per heavy atom. The molecule has 17 heavy (non-hydrogen) atoms. The fraction of sp³-hybridized carbons (Fsp3) is 0.250. The molecule has 0 unspecified atom stereocenters. The number of benzene rings is 1. The average molecular weight is 250 g/mol. The van der Waals surface area contributed by atoms with Crippen molar-refractivity contribution < 1.29 is 9.47 Å². The topological polar surface area (TPSA) is 57.4 Å². The van der Waals surface area contributed by atoms with Crippen LogP contribution in [0.15, 0.2) is 29.6 Å². The van der Waals surface area contributed by atoms with E-state index >= 15 is 0 Å². The number of ether oxygens (including phenoxy) is 2. The van der Waals surface area contributed by atoms with Crippen LogP contribution in [0.2, 0.25) is 0 Å². The summed E-state index contributed by atoms with van der Waals surface area (Å²) in [5, 5.41) is 2.48. The molecule has 0 fully saturated rings. The Morgan fingerprint density at radius 1 is 1.24 bits per heavy atom. The minimum atomic E-state index is 0.486. The summed E-state index contributed by atoms with van der Waals surface area (Å²) < 4.78 is 10.6. The molecule has 5 heteroatoms. The lowest BCUT2D eigenvalue weighted by Crippen LogP contribution is -1.95. The number of methoxy groups -OCH3 is 1. The third-order valence-corrected chi connectivity index (χ3v) is 2.97. The Hall–Kier alpha value is -1.59. The van der Waals surface area contributed by atoms with Gasteiger partial charge in [-0.05, 0) is 17.7 Å². The van der Waals surface area contributed by atoms with Crippen LogP contribution >= 0.6 is 11.3 Å². The van der Waals surface area contributed by atoms with Gasteiger partial charge in [-0.25, -0.2) is 4.98 Å². The molecule has 2 aromatic rings. The summed E-state index contributed by atoms with van der Waals surface area (Å²) in [7, 11) is 1.65. The van der Waals surface area contributed by atoms with Gasteiger partial charge in [0.1, 0.15) is 5.75 Å². The van der Waals surface area contributed by atoms with Crippen molar-refractivity contribution in [2.24, 2.45) is 0 Å². The van der Waals surface area contributed by atoms with Gasteiger partial charge in [0, 0.05) is 5.38 Å². The molecule has 0 saturated heterocycles. The molecule has 1 aromatic carbocycles. The van der Waals surface area contributed by atoms with Gasteiger partial charge >= 0.3 is 0 Å². The maximum Gasteiger partial charge on any atom is 0.180 e. The van der Waals surface area contributed by atoms with Crippen LogP contribution in [-0.4, -0.2) is 12.1 Å². The smallest absolute Gasteiger partial charge is 0.180 e. The minimum Gasteiger partial charge on any atom is -0.497 e. The van der Waals surface area contributed by atoms with Gasteiger partial charge < -0.3 is 15.2 Å². The van der Waals surface area contributed by atoms with E-state index in [0.29, 0.717) is 18.3 Å². The van der Waals surface area contributed by atoms with Crippen molar-refractivity contribution in [1.82, 2.24) is 4.98 Å². The van der Waals surface area contributed by atoms with Crippen LogP contribution in [-0.2, 0) is 18.0 Å². The van der Waals surface area contributed by atoms with Gasteiger partial charge in [0.15, 0.2) is 5.13 Å². The molecule has 0 aliphatic carbocycles. The van der Waals surface area contributed by atoms with E-state index in [9.17, 15) is 0 Å². The molecule has 90 valence electrons. The second-order valence-corrected chi connectivity index (χ2v) is 4.41. The highest BCUT2D eigenvalue weighted by Crippen LogP contribution is 2.14. The van der Waals surface area contributed by atoms with E-state index in [1.54, 1.807) is 7.11 Å². The number of hydrogen-bond acceptors (Lipinski definition) is 5. The second kappa shape index (κ2) is 5.65. The fourth-order valence-corrected chi connectivity index (χ4v) is 1.93. The molecule has 1 aromatic heterocycles. The van der Waals surface area contributed by atoms with Crippen molar-refractivity contribution in [2.45, 2.75) is 13.2 Å². The van der Waals surface area contributed by atoms with E-state index in [2.05, 4.69) is 4.98 Å². The van der Waals surface area contributed by atoms with Gasteiger partial charge in [-0.1, -0.05) is 12.1 Å². The molecule has 0 aliphatic rings. The number of aromatic nitrogens is 1. The predicted molar refractivity (Wildman–Crippen MR) is 68.0 cm³/mol. The number of nitrogen functional groups attached to an aromatic ring is 1. The molecule has 4 nitrogen and oxygen atoms in total. The number of rotatable bonds is 5. The Morgan fingerprint density at radius 3 is 2.59 bits per heavy atom. The van der Waals surface area contributed by atoms with Crippen molar-refractivity contribution in [2.75, 3.05) is 12.8 Å². The van der Waals surface area contributed by atoms with Crippen molar-refractivity contribution in [3.05, 3.63) is 40.9 Å². The fourth-order valence-electron chi connectivity index (χ4n) is 1.38. The summed E-state index contributed by atoms with van der Waals surface area (Å²) in [5.74, 6) is 0.848. The van der Waals surface area contributed by atoms with E-state index in [4.69, 9.17) is 15.2 Å². The highest BCUT2D eigenvalue weighted by Gasteiger charge is 1.99. The van der Waals surface area contributed by atoms with Crippen molar-refractivity contribution in [3.8, 4) is 5.75 Å². The number of nitrogens with two attached hydrogens (primary N) is 1. The first-order chi connectivity index (χ1) is 8.28. The Labute approximate surface area is 104 Å². The highest BCUT2D eigenvalue weighted by molar-refractivity contribution is 7.13. The molecule has 0 saturated carbocycles. The van der Waals surface area contributed by atoms with Gasteiger partial charge in [0.2, 0.25) is 0 Å². The molecule has 0 amide bonds. The molecular formula is C12H14N2O2S. The summed E-state index contributed by atoms with van der Waals surface area (Å²) in [6, 6.07) is 7.79. The predicted octanol–water partition coefficient (Wildman–Crippen LogP) is 2.45. The largest absolute Gasteiger partial charge is 0.497 e. The summed E-state index contributed by atoms with van der Waals surface area (Å²) in [6.45, 7) is 1.04. The zero-order valence-corrected chi connectivity index (χ0v) is 10.4. The standard InChI is InChI=1S/C12H14N2O2S/c1-15-11-4-2-9(3-5-11)6-16-7-10-8-17-12(13)14-10/h2-5,8H,6-7H2,1H3,(H2,13,14). The van der Waals surface area contributed by atoms with Crippen LogP contribution in [0.5, 0.6) is 5.75 Å². The third kappa shape index (κ3) is 3.44.